The lowest BCUT2D eigenvalue weighted by Crippen LogP contribution is -2.30. The van der Waals surface area contributed by atoms with Crippen LogP contribution in [0.4, 0.5) is 5.82 Å². The standard InChI is InChI=1S/C14H21N3OS/c1-19-14(6-2-3-7-14)9-15-11-8-12(18)17-13(16-11)10-4-5-10/h8,10H,2-7,9H2,1H3,(H2,15,16,17,18). The summed E-state index contributed by atoms with van der Waals surface area (Å²) in [6.45, 7) is 0.911. The average Bonchev–Trinajstić information content (AvgIpc) is 3.16. The van der Waals surface area contributed by atoms with Crippen molar-refractivity contribution in [2.45, 2.75) is 49.2 Å². The summed E-state index contributed by atoms with van der Waals surface area (Å²) in [6.07, 6.45) is 9.66. The Balaban J connectivity index is 1.70. The summed E-state index contributed by atoms with van der Waals surface area (Å²) in [5.74, 6) is 2.08. The number of aromatic amines is 1. The van der Waals surface area contributed by atoms with Crippen LogP contribution >= 0.6 is 11.8 Å². The van der Waals surface area contributed by atoms with E-state index >= 15 is 0 Å². The third-order valence-electron chi connectivity index (χ3n) is 4.26. The van der Waals surface area contributed by atoms with Gasteiger partial charge in [0.1, 0.15) is 11.6 Å². The molecule has 2 aliphatic carbocycles. The molecule has 19 heavy (non-hydrogen) atoms. The van der Waals surface area contributed by atoms with Gasteiger partial charge in [-0.25, -0.2) is 4.98 Å². The summed E-state index contributed by atoms with van der Waals surface area (Å²) in [5.41, 5.74) is -0.0379. The molecular formula is C14H21N3OS. The van der Waals surface area contributed by atoms with Gasteiger partial charge in [0.25, 0.3) is 5.56 Å². The molecule has 1 aromatic heterocycles. The van der Waals surface area contributed by atoms with Gasteiger partial charge < -0.3 is 10.3 Å². The molecule has 1 aromatic rings. The number of hydrogen-bond donors (Lipinski definition) is 2. The summed E-state index contributed by atoms with van der Waals surface area (Å²) in [6, 6.07) is 1.58. The second-order valence-corrected chi connectivity index (χ2v) is 7.01. The van der Waals surface area contributed by atoms with E-state index in [1.165, 1.54) is 25.7 Å². The Morgan fingerprint density at radius 2 is 2.21 bits per heavy atom. The number of hydrogen-bond acceptors (Lipinski definition) is 4. The minimum Gasteiger partial charge on any atom is -0.368 e. The molecule has 2 fully saturated rings. The van der Waals surface area contributed by atoms with Crippen molar-refractivity contribution < 1.29 is 0 Å². The number of nitrogens with one attached hydrogen (secondary N) is 2. The van der Waals surface area contributed by atoms with Crippen LogP contribution in [0.2, 0.25) is 0 Å². The zero-order chi connectivity index (χ0) is 13.3. The minimum absolute atomic E-state index is 0.0379. The van der Waals surface area contributed by atoms with Crippen LogP contribution in [0.3, 0.4) is 0 Å². The zero-order valence-electron chi connectivity index (χ0n) is 11.4. The molecule has 0 bridgehead atoms. The van der Waals surface area contributed by atoms with Gasteiger partial charge in [-0.15, -0.1) is 0 Å². The van der Waals surface area contributed by atoms with Crippen LogP contribution in [0.5, 0.6) is 0 Å². The van der Waals surface area contributed by atoms with E-state index in [9.17, 15) is 4.79 Å². The Kier molecular flexibility index (Phi) is 3.56. The SMILES string of the molecule is CSC1(CNc2cc(=O)[nH]c(C3CC3)n2)CCCC1. The van der Waals surface area contributed by atoms with Crippen LogP contribution in [0.25, 0.3) is 0 Å². The van der Waals surface area contributed by atoms with Crippen LogP contribution < -0.4 is 10.9 Å². The van der Waals surface area contributed by atoms with E-state index in [1.54, 1.807) is 6.07 Å². The number of aromatic nitrogens is 2. The number of nitrogens with zero attached hydrogens (tertiary/aromatic N) is 1. The molecule has 0 amide bonds. The number of thioether (sulfide) groups is 1. The Morgan fingerprint density at radius 1 is 1.47 bits per heavy atom. The molecule has 2 saturated carbocycles. The fourth-order valence-corrected chi connectivity index (χ4v) is 3.75. The third-order valence-corrected chi connectivity index (χ3v) is 5.68. The van der Waals surface area contributed by atoms with Gasteiger partial charge in [0.15, 0.2) is 0 Å². The van der Waals surface area contributed by atoms with E-state index in [0.29, 0.717) is 10.7 Å². The van der Waals surface area contributed by atoms with Crippen molar-refractivity contribution in [3.05, 3.63) is 22.2 Å². The molecule has 0 aliphatic heterocycles. The number of rotatable bonds is 5. The first-order valence-corrected chi connectivity index (χ1v) is 8.34. The van der Waals surface area contributed by atoms with E-state index in [0.717, 1.165) is 31.0 Å². The maximum absolute atomic E-state index is 11.6. The van der Waals surface area contributed by atoms with Gasteiger partial charge in [-0.05, 0) is 31.9 Å². The van der Waals surface area contributed by atoms with E-state index in [1.807, 2.05) is 11.8 Å². The molecule has 2 N–H and O–H groups in total. The average molecular weight is 279 g/mol. The first kappa shape index (κ1) is 13.0. The summed E-state index contributed by atoms with van der Waals surface area (Å²) < 4.78 is 0.337. The smallest absolute Gasteiger partial charge is 0.252 e. The van der Waals surface area contributed by atoms with Crippen molar-refractivity contribution in [1.82, 2.24) is 9.97 Å². The van der Waals surface area contributed by atoms with E-state index < -0.39 is 0 Å². The van der Waals surface area contributed by atoms with Crippen molar-refractivity contribution >= 4 is 17.6 Å². The lowest BCUT2D eigenvalue weighted by Gasteiger charge is -2.27. The Labute approximate surface area is 117 Å². The zero-order valence-corrected chi connectivity index (χ0v) is 12.2. The highest BCUT2D eigenvalue weighted by Crippen LogP contribution is 2.40. The van der Waals surface area contributed by atoms with E-state index in [2.05, 4.69) is 21.5 Å². The molecule has 5 heteroatoms. The quantitative estimate of drug-likeness (QED) is 0.870. The predicted octanol–water partition coefficient (Wildman–Crippen LogP) is 2.74. The summed E-state index contributed by atoms with van der Waals surface area (Å²) >= 11 is 1.95. The Morgan fingerprint density at radius 3 is 2.84 bits per heavy atom. The second kappa shape index (κ2) is 5.19. The van der Waals surface area contributed by atoms with Crippen molar-refractivity contribution in [1.29, 1.82) is 0 Å². The highest BCUT2D eigenvalue weighted by atomic mass is 32.2. The number of H-pyrrole nitrogens is 1. The molecule has 0 radical (unpaired) electrons. The monoisotopic (exact) mass is 279 g/mol. The van der Waals surface area contributed by atoms with Gasteiger partial charge in [0.05, 0.1) is 0 Å². The molecule has 4 nitrogen and oxygen atoms in total. The maximum Gasteiger partial charge on any atom is 0.252 e. The van der Waals surface area contributed by atoms with Gasteiger partial charge in [-0.1, -0.05) is 12.8 Å². The summed E-state index contributed by atoms with van der Waals surface area (Å²) in [4.78, 5) is 19.0. The molecule has 1 heterocycles. The molecule has 0 aromatic carbocycles. The molecule has 0 spiro atoms. The minimum atomic E-state index is -0.0379. The first-order chi connectivity index (χ1) is 9.21. The van der Waals surface area contributed by atoms with Crippen LogP contribution in [-0.2, 0) is 0 Å². The van der Waals surface area contributed by atoms with Crippen molar-refractivity contribution in [2.75, 3.05) is 18.1 Å². The van der Waals surface area contributed by atoms with E-state index in [-0.39, 0.29) is 5.56 Å². The van der Waals surface area contributed by atoms with Gasteiger partial charge >= 0.3 is 0 Å². The molecule has 104 valence electrons. The summed E-state index contributed by atoms with van der Waals surface area (Å²) in [7, 11) is 0. The highest BCUT2D eigenvalue weighted by Gasteiger charge is 2.33. The topological polar surface area (TPSA) is 57.8 Å². The molecular weight excluding hydrogens is 258 g/mol. The lowest BCUT2D eigenvalue weighted by atomic mass is 10.1. The fourth-order valence-electron chi connectivity index (χ4n) is 2.84. The number of anilines is 1. The van der Waals surface area contributed by atoms with Gasteiger partial charge in [-0.2, -0.15) is 11.8 Å². The molecule has 0 atom stereocenters. The fraction of sp³-hybridized carbons (Fsp3) is 0.714. The predicted molar refractivity (Wildman–Crippen MR) is 80.0 cm³/mol. The molecule has 3 rings (SSSR count). The van der Waals surface area contributed by atoms with Gasteiger partial charge in [-0.3, -0.25) is 4.79 Å². The second-order valence-electron chi connectivity index (χ2n) is 5.74. The van der Waals surface area contributed by atoms with Crippen LogP contribution in [-0.4, -0.2) is 27.5 Å². The first-order valence-electron chi connectivity index (χ1n) is 7.11. The van der Waals surface area contributed by atoms with Crippen LogP contribution in [0.1, 0.15) is 50.3 Å². The van der Waals surface area contributed by atoms with Gasteiger partial charge in [0, 0.05) is 23.3 Å². The Bertz CT molecular complexity index is 504. The maximum atomic E-state index is 11.6. The van der Waals surface area contributed by atoms with Crippen molar-refractivity contribution in [3.63, 3.8) is 0 Å². The summed E-state index contributed by atoms with van der Waals surface area (Å²) in [5, 5.41) is 3.39. The normalized spacial score (nSPS) is 21.5. The lowest BCUT2D eigenvalue weighted by molar-refractivity contribution is 0.638. The third kappa shape index (κ3) is 2.96. The largest absolute Gasteiger partial charge is 0.368 e. The molecule has 2 aliphatic rings. The van der Waals surface area contributed by atoms with Crippen molar-refractivity contribution in [3.8, 4) is 0 Å². The Hall–Kier alpha value is -0.970. The van der Waals surface area contributed by atoms with Crippen molar-refractivity contribution in [2.24, 2.45) is 0 Å². The van der Waals surface area contributed by atoms with Gasteiger partial charge in [0.2, 0.25) is 0 Å². The van der Waals surface area contributed by atoms with Crippen LogP contribution in [0, 0.1) is 0 Å². The van der Waals surface area contributed by atoms with Crippen LogP contribution in [0.15, 0.2) is 10.9 Å². The van der Waals surface area contributed by atoms with E-state index in [4.69, 9.17) is 0 Å². The molecule has 0 saturated heterocycles. The molecule has 0 unspecified atom stereocenters. The highest BCUT2D eigenvalue weighted by molar-refractivity contribution is 8.00.